The van der Waals surface area contributed by atoms with Crippen LogP contribution in [0, 0.1) is 12.7 Å². The second kappa shape index (κ2) is 7.21. The first kappa shape index (κ1) is 18.4. The molecule has 0 heterocycles. The fourth-order valence-corrected chi connectivity index (χ4v) is 5.04. The molecule has 4 aromatic carbocycles. The molecule has 0 saturated heterocycles. The highest BCUT2D eigenvalue weighted by atomic mass is 32.2. The van der Waals surface area contributed by atoms with Crippen molar-refractivity contribution in [2.75, 3.05) is 0 Å². The standard InChI is InChI=1S/C24H19FO2S/c1-17-11-12-18-13-14-20(25)16-23(18)22(17)15-19-7-5-6-10-24(19)28(26,27)21-8-3-2-4-9-21/h2-14,16H,15H2,1H3. The van der Waals surface area contributed by atoms with Crippen LogP contribution in [0.3, 0.4) is 0 Å². The highest BCUT2D eigenvalue weighted by Gasteiger charge is 2.21. The Labute approximate surface area is 164 Å². The van der Waals surface area contributed by atoms with Gasteiger partial charge in [0.05, 0.1) is 9.79 Å². The Hall–Kier alpha value is -2.98. The third kappa shape index (κ3) is 3.32. The summed E-state index contributed by atoms with van der Waals surface area (Å²) in [5.41, 5.74) is 2.64. The van der Waals surface area contributed by atoms with E-state index < -0.39 is 9.84 Å². The lowest BCUT2D eigenvalue weighted by Crippen LogP contribution is -2.06. The quantitative estimate of drug-likeness (QED) is 0.447. The highest BCUT2D eigenvalue weighted by molar-refractivity contribution is 7.91. The van der Waals surface area contributed by atoms with E-state index in [2.05, 4.69) is 0 Å². The van der Waals surface area contributed by atoms with Crippen molar-refractivity contribution in [3.63, 3.8) is 0 Å². The first-order valence-corrected chi connectivity index (χ1v) is 10.5. The van der Waals surface area contributed by atoms with Crippen molar-refractivity contribution in [1.29, 1.82) is 0 Å². The molecule has 4 heteroatoms. The minimum absolute atomic E-state index is 0.267. The normalized spacial score (nSPS) is 11.6. The second-order valence-corrected chi connectivity index (χ2v) is 8.75. The van der Waals surface area contributed by atoms with E-state index in [1.807, 2.05) is 31.2 Å². The summed E-state index contributed by atoms with van der Waals surface area (Å²) in [4.78, 5) is 0.553. The predicted octanol–water partition coefficient (Wildman–Crippen LogP) is 5.71. The maximum absolute atomic E-state index is 13.9. The van der Waals surface area contributed by atoms with Gasteiger partial charge in [-0.25, -0.2) is 12.8 Å². The summed E-state index contributed by atoms with van der Waals surface area (Å²) in [6.45, 7) is 1.97. The summed E-state index contributed by atoms with van der Waals surface area (Å²) in [6, 6.07) is 24.1. The van der Waals surface area contributed by atoms with Gasteiger partial charge in [0.15, 0.2) is 0 Å². The molecule has 0 aromatic heterocycles. The second-order valence-electron chi connectivity index (χ2n) is 6.83. The van der Waals surface area contributed by atoms with Crippen molar-refractivity contribution in [3.05, 3.63) is 107 Å². The molecular weight excluding hydrogens is 371 g/mol. The van der Waals surface area contributed by atoms with Gasteiger partial charge in [-0.15, -0.1) is 0 Å². The molecule has 0 radical (unpaired) electrons. The van der Waals surface area contributed by atoms with Gasteiger partial charge in [-0.05, 0) is 71.1 Å². The van der Waals surface area contributed by atoms with Crippen LogP contribution in [0.5, 0.6) is 0 Å². The van der Waals surface area contributed by atoms with Crippen LogP contribution in [0.2, 0.25) is 0 Å². The fraction of sp³-hybridized carbons (Fsp3) is 0.0833. The Bertz CT molecular complexity index is 1260. The lowest BCUT2D eigenvalue weighted by atomic mass is 9.94. The topological polar surface area (TPSA) is 34.1 Å². The molecule has 4 aromatic rings. The van der Waals surface area contributed by atoms with Gasteiger partial charge < -0.3 is 0 Å². The summed E-state index contributed by atoms with van der Waals surface area (Å²) in [5, 5.41) is 1.75. The van der Waals surface area contributed by atoms with E-state index in [0.29, 0.717) is 12.0 Å². The summed E-state index contributed by atoms with van der Waals surface area (Å²) in [7, 11) is -3.64. The summed E-state index contributed by atoms with van der Waals surface area (Å²) in [6.07, 6.45) is 0.412. The first-order chi connectivity index (χ1) is 13.5. The zero-order valence-corrected chi connectivity index (χ0v) is 16.2. The van der Waals surface area contributed by atoms with Gasteiger partial charge in [-0.2, -0.15) is 0 Å². The molecule has 0 bridgehead atoms. The average Bonchev–Trinajstić information content (AvgIpc) is 2.71. The Morgan fingerprint density at radius 1 is 0.821 bits per heavy atom. The number of benzene rings is 4. The monoisotopic (exact) mass is 390 g/mol. The lowest BCUT2D eigenvalue weighted by Gasteiger charge is -2.14. The minimum atomic E-state index is -3.64. The van der Waals surface area contributed by atoms with E-state index in [0.717, 1.165) is 21.9 Å². The van der Waals surface area contributed by atoms with Crippen molar-refractivity contribution in [2.24, 2.45) is 0 Å². The van der Waals surface area contributed by atoms with Gasteiger partial charge in [0.1, 0.15) is 5.82 Å². The summed E-state index contributed by atoms with van der Waals surface area (Å²) < 4.78 is 40.3. The number of aryl methyl sites for hydroxylation is 1. The van der Waals surface area contributed by atoms with Gasteiger partial charge in [-0.1, -0.05) is 54.6 Å². The number of sulfone groups is 1. The van der Waals surface area contributed by atoms with Crippen LogP contribution in [0.15, 0.2) is 94.7 Å². The molecular formula is C24H19FO2S. The van der Waals surface area contributed by atoms with Crippen molar-refractivity contribution < 1.29 is 12.8 Å². The number of hydrogen-bond acceptors (Lipinski definition) is 2. The molecule has 28 heavy (non-hydrogen) atoms. The number of halogens is 1. The van der Waals surface area contributed by atoms with Crippen LogP contribution in [0.25, 0.3) is 10.8 Å². The molecule has 0 atom stereocenters. The molecule has 0 spiro atoms. The molecule has 2 nitrogen and oxygen atoms in total. The van der Waals surface area contributed by atoms with Crippen LogP contribution in [-0.2, 0) is 16.3 Å². The van der Waals surface area contributed by atoms with Crippen molar-refractivity contribution in [1.82, 2.24) is 0 Å². The number of hydrogen-bond donors (Lipinski definition) is 0. The molecule has 0 N–H and O–H groups in total. The molecule has 0 aliphatic rings. The lowest BCUT2D eigenvalue weighted by molar-refractivity contribution is 0.595. The maximum atomic E-state index is 13.9. The van der Waals surface area contributed by atoms with Crippen LogP contribution in [0.4, 0.5) is 4.39 Å². The van der Waals surface area contributed by atoms with E-state index in [4.69, 9.17) is 0 Å². The number of rotatable bonds is 4. The smallest absolute Gasteiger partial charge is 0.206 e. The minimum Gasteiger partial charge on any atom is -0.219 e. The van der Waals surface area contributed by atoms with E-state index in [1.54, 1.807) is 48.5 Å². The molecule has 0 unspecified atom stereocenters. The number of fused-ring (bicyclic) bond motifs is 1. The SMILES string of the molecule is Cc1ccc2ccc(F)cc2c1Cc1ccccc1S(=O)(=O)c1ccccc1. The van der Waals surface area contributed by atoms with E-state index in [9.17, 15) is 12.8 Å². The van der Waals surface area contributed by atoms with Gasteiger partial charge in [0, 0.05) is 0 Å². The van der Waals surface area contributed by atoms with E-state index in [1.165, 1.54) is 12.1 Å². The Kier molecular flexibility index (Phi) is 4.73. The Morgan fingerprint density at radius 3 is 2.29 bits per heavy atom. The van der Waals surface area contributed by atoms with Gasteiger partial charge in [-0.3, -0.25) is 0 Å². The predicted molar refractivity (Wildman–Crippen MR) is 110 cm³/mol. The van der Waals surface area contributed by atoms with Crippen molar-refractivity contribution in [3.8, 4) is 0 Å². The van der Waals surface area contributed by atoms with Crippen molar-refractivity contribution in [2.45, 2.75) is 23.1 Å². The average molecular weight is 390 g/mol. The molecule has 0 fully saturated rings. The fourth-order valence-electron chi connectivity index (χ4n) is 3.53. The van der Waals surface area contributed by atoms with E-state index >= 15 is 0 Å². The molecule has 4 rings (SSSR count). The van der Waals surface area contributed by atoms with Crippen LogP contribution in [0.1, 0.15) is 16.7 Å². The van der Waals surface area contributed by atoms with Crippen LogP contribution >= 0.6 is 0 Å². The summed E-state index contributed by atoms with van der Waals surface area (Å²) >= 11 is 0. The highest BCUT2D eigenvalue weighted by Crippen LogP contribution is 2.30. The molecule has 0 saturated carbocycles. The van der Waals surface area contributed by atoms with E-state index in [-0.39, 0.29) is 15.6 Å². The van der Waals surface area contributed by atoms with Crippen LogP contribution in [-0.4, -0.2) is 8.42 Å². The van der Waals surface area contributed by atoms with Gasteiger partial charge in [0.2, 0.25) is 9.84 Å². The molecule has 0 aliphatic heterocycles. The largest absolute Gasteiger partial charge is 0.219 e. The first-order valence-electron chi connectivity index (χ1n) is 9.02. The molecule has 140 valence electrons. The third-order valence-electron chi connectivity index (χ3n) is 5.01. The van der Waals surface area contributed by atoms with Gasteiger partial charge in [0.25, 0.3) is 0 Å². The maximum Gasteiger partial charge on any atom is 0.206 e. The zero-order chi connectivity index (χ0) is 19.7. The summed E-state index contributed by atoms with van der Waals surface area (Å²) in [5.74, 6) is -0.301. The zero-order valence-electron chi connectivity index (χ0n) is 15.4. The van der Waals surface area contributed by atoms with Gasteiger partial charge >= 0.3 is 0 Å². The Balaban J connectivity index is 1.87. The Morgan fingerprint density at radius 2 is 1.50 bits per heavy atom. The van der Waals surface area contributed by atoms with Crippen molar-refractivity contribution >= 4 is 20.6 Å². The third-order valence-corrected chi connectivity index (χ3v) is 6.88. The molecule has 0 aliphatic carbocycles. The van der Waals surface area contributed by atoms with Crippen LogP contribution < -0.4 is 0 Å². The molecule has 0 amide bonds.